The van der Waals surface area contributed by atoms with Crippen molar-refractivity contribution in [2.24, 2.45) is 0 Å². The second kappa shape index (κ2) is 4.43. The minimum atomic E-state index is -0.538. The molecule has 2 unspecified atom stereocenters. The predicted molar refractivity (Wildman–Crippen MR) is 65.7 cm³/mol. The van der Waals surface area contributed by atoms with Gasteiger partial charge in [-0.25, -0.2) is 0 Å². The Balaban J connectivity index is 2.04. The second-order valence-electron chi connectivity index (χ2n) is 4.44. The molecule has 3 nitrogen and oxygen atoms in total. The van der Waals surface area contributed by atoms with Crippen LogP contribution in [-0.4, -0.2) is 22.8 Å². The van der Waals surface area contributed by atoms with Gasteiger partial charge in [-0.2, -0.15) is 0 Å². The summed E-state index contributed by atoms with van der Waals surface area (Å²) in [6.45, 7) is 0.758. The highest BCUT2D eigenvalue weighted by Crippen LogP contribution is 2.30. The second-order valence-corrected chi connectivity index (χ2v) is 4.44. The number of aliphatic hydroxyl groups is 1. The van der Waals surface area contributed by atoms with Gasteiger partial charge in [0.1, 0.15) is 6.10 Å². The van der Waals surface area contributed by atoms with Crippen LogP contribution < -0.4 is 0 Å². The predicted octanol–water partition coefficient (Wildman–Crippen LogP) is 2.45. The molecule has 0 spiro atoms. The van der Waals surface area contributed by atoms with Crippen molar-refractivity contribution in [2.75, 3.05) is 6.61 Å². The van der Waals surface area contributed by atoms with E-state index in [-0.39, 0.29) is 6.10 Å². The van der Waals surface area contributed by atoms with Crippen molar-refractivity contribution >= 4 is 10.8 Å². The van der Waals surface area contributed by atoms with Gasteiger partial charge in [-0.15, -0.1) is 0 Å². The molecule has 2 heterocycles. The number of benzene rings is 1. The van der Waals surface area contributed by atoms with E-state index in [2.05, 4.69) is 4.98 Å². The zero-order valence-electron chi connectivity index (χ0n) is 9.54. The van der Waals surface area contributed by atoms with Crippen LogP contribution in [-0.2, 0) is 4.74 Å². The highest BCUT2D eigenvalue weighted by Gasteiger charge is 2.26. The summed E-state index contributed by atoms with van der Waals surface area (Å²) in [5.74, 6) is 0. The molecule has 3 heteroatoms. The van der Waals surface area contributed by atoms with Gasteiger partial charge in [0.15, 0.2) is 0 Å². The van der Waals surface area contributed by atoms with Crippen molar-refractivity contribution in [3.8, 4) is 0 Å². The number of rotatable bonds is 2. The van der Waals surface area contributed by atoms with E-state index in [1.807, 2.05) is 30.5 Å². The largest absolute Gasteiger partial charge is 0.386 e. The minimum Gasteiger partial charge on any atom is -0.386 e. The normalized spacial score (nSPS) is 21.8. The third kappa shape index (κ3) is 1.92. The van der Waals surface area contributed by atoms with E-state index in [1.54, 1.807) is 6.20 Å². The molecule has 2 atom stereocenters. The molecule has 1 saturated heterocycles. The lowest BCUT2D eigenvalue weighted by molar-refractivity contribution is -0.00186. The molecule has 0 amide bonds. The highest BCUT2D eigenvalue weighted by atomic mass is 16.5. The lowest BCUT2D eigenvalue weighted by atomic mass is 9.97. The number of aliphatic hydroxyl groups excluding tert-OH is 1. The number of hydrogen-bond donors (Lipinski definition) is 1. The van der Waals surface area contributed by atoms with E-state index in [4.69, 9.17) is 4.74 Å². The third-order valence-corrected chi connectivity index (χ3v) is 3.35. The number of pyridine rings is 1. The lowest BCUT2D eigenvalue weighted by Gasteiger charge is -2.19. The molecular formula is C14H15NO2. The topological polar surface area (TPSA) is 42.4 Å². The molecule has 3 rings (SSSR count). The first kappa shape index (κ1) is 10.7. The SMILES string of the molecule is OC(c1cccc2cnccc12)C1CCCO1. The summed E-state index contributed by atoms with van der Waals surface area (Å²) in [4.78, 5) is 4.10. The maximum atomic E-state index is 10.4. The molecule has 0 bridgehead atoms. The molecule has 0 saturated carbocycles. The van der Waals surface area contributed by atoms with Crippen LogP contribution in [0.25, 0.3) is 10.8 Å². The fourth-order valence-electron chi connectivity index (χ4n) is 2.46. The van der Waals surface area contributed by atoms with Gasteiger partial charge in [-0.3, -0.25) is 4.98 Å². The van der Waals surface area contributed by atoms with Gasteiger partial charge in [0.25, 0.3) is 0 Å². The molecule has 1 N–H and O–H groups in total. The first-order chi connectivity index (χ1) is 8.36. The summed E-state index contributed by atoms with van der Waals surface area (Å²) in [6.07, 6.45) is 4.95. The number of aromatic nitrogens is 1. The monoisotopic (exact) mass is 229 g/mol. The Kier molecular flexibility index (Phi) is 2.79. The quantitative estimate of drug-likeness (QED) is 0.860. The highest BCUT2D eigenvalue weighted by molar-refractivity contribution is 5.85. The van der Waals surface area contributed by atoms with E-state index in [1.165, 1.54) is 0 Å². The van der Waals surface area contributed by atoms with Crippen LogP contribution in [0.4, 0.5) is 0 Å². The Morgan fingerprint density at radius 2 is 2.29 bits per heavy atom. The minimum absolute atomic E-state index is 0.0613. The summed E-state index contributed by atoms with van der Waals surface area (Å²) < 4.78 is 5.55. The van der Waals surface area contributed by atoms with Crippen LogP contribution in [0.3, 0.4) is 0 Å². The van der Waals surface area contributed by atoms with Gasteiger partial charge in [0.2, 0.25) is 0 Å². The molecular weight excluding hydrogens is 214 g/mol. The van der Waals surface area contributed by atoms with E-state index in [9.17, 15) is 5.11 Å². The molecule has 0 aliphatic carbocycles. The van der Waals surface area contributed by atoms with E-state index in [0.717, 1.165) is 35.8 Å². The van der Waals surface area contributed by atoms with Gasteiger partial charge in [-0.1, -0.05) is 18.2 Å². The maximum absolute atomic E-state index is 10.4. The summed E-state index contributed by atoms with van der Waals surface area (Å²) >= 11 is 0. The fourth-order valence-corrected chi connectivity index (χ4v) is 2.46. The molecule has 2 aromatic rings. The molecule has 1 aliphatic heterocycles. The van der Waals surface area contributed by atoms with Crippen molar-refractivity contribution in [3.05, 3.63) is 42.2 Å². The smallest absolute Gasteiger partial charge is 0.106 e. The zero-order valence-corrected chi connectivity index (χ0v) is 9.54. The first-order valence-electron chi connectivity index (χ1n) is 5.98. The molecule has 1 aromatic carbocycles. The molecule has 88 valence electrons. The summed E-state index contributed by atoms with van der Waals surface area (Å²) in [7, 11) is 0. The summed E-state index contributed by atoms with van der Waals surface area (Å²) in [6, 6.07) is 7.88. The fraction of sp³-hybridized carbons (Fsp3) is 0.357. The molecule has 1 fully saturated rings. The third-order valence-electron chi connectivity index (χ3n) is 3.35. The Hall–Kier alpha value is -1.45. The van der Waals surface area contributed by atoms with Gasteiger partial charge in [0.05, 0.1) is 6.10 Å². The first-order valence-corrected chi connectivity index (χ1v) is 5.98. The zero-order chi connectivity index (χ0) is 11.7. The van der Waals surface area contributed by atoms with Gasteiger partial charge < -0.3 is 9.84 Å². The van der Waals surface area contributed by atoms with Crippen LogP contribution in [0.15, 0.2) is 36.7 Å². The van der Waals surface area contributed by atoms with E-state index in [0.29, 0.717) is 0 Å². The molecule has 0 radical (unpaired) electrons. The van der Waals surface area contributed by atoms with Gasteiger partial charge in [0, 0.05) is 24.4 Å². The molecule has 1 aliphatic rings. The Labute approximate surface area is 100 Å². The number of hydrogen-bond acceptors (Lipinski definition) is 3. The van der Waals surface area contributed by atoms with Crippen molar-refractivity contribution in [3.63, 3.8) is 0 Å². The van der Waals surface area contributed by atoms with Gasteiger partial charge in [-0.05, 0) is 29.9 Å². The Morgan fingerprint density at radius 3 is 3.12 bits per heavy atom. The van der Waals surface area contributed by atoms with Crippen LogP contribution in [0, 0.1) is 0 Å². The van der Waals surface area contributed by atoms with Crippen molar-refractivity contribution in [1.29, 1.82) is 0 Å². The van der Waals surface area contributed by atoms with E-state index >= 15 is 0 Å². The average molecular weight is 229 g/mol. The summed E-state index contributed by atoms with van der Waals surface area (Å²) in [5, 5.41) is 12.5. The van der Waals surface area contributed by atoms with Crippen LogP contribution >= 0.6 is 0 Å². The number of fused-ring (bicyclic) bond motifs is 1. The number of ether oxygens (including phenoxy) is 1. The average Bonchev–Trinajstić information content (AvgIpc) is 2.91. The molecule has 17 heavy (non-hydrogen) atoms. The van der Waals surface area contributed by atoms with Crippen molar-refractivity contribution in [2.45, 2.75) is 25.0 Å². The van der Waals surface area contributed by atoms with E-state index < -0.39 is 6.10 Å². The summed E-state index contributed by atoms with van der Waals surface area (Å²) in [5.41, 5.74) is 0.941. The Bertz CT molecular complexity index is 515. The van der Waals surface area contributed by atoms with Crippen LogP contribution in [0.2, 0.25) is 0 Å². The van der Waals surface area contributed by atoms with Crippen LogP contribution in [0.1, 0.15) is 24.5 Å². The maximum Gasteiger partial charge on any atom is 0.106 e. The Morgan fingerprint density at radius 1 is 1.35 bits per heavy atom. The van der Waals surface area contributed by atoms with Crippen LogP contribution in [0.5, 0.6) is 0 Å². The van der Waals surface area contributed by atoms with Crippen molar-refractivity contribution in [1.82, 2.24) is 4.98 Å². The number of nitrogens with zero attached hydrogens (tertiary/aromatic N) is 1. The lowest BCUT2D eigenvalue weighted by Crippen LogP contribution is -2.17. The van der Waals surface area contributed by atoms with Crippen molar-refractivity contribution < 1.29 is 9.84 Å². The molecule has 1 aromatic heterocycles. The standard InChI is InChI=1S/C14H15NO2/c16-14(13-5-2-8-17-13)12-4-1-3-10-9-15-7-6-11(10)12/h1,3-4,6-7,9,13-14,16H,2,5,8H2. The van der Waals surface area contributed by atoms with Gasteiger partial charge >= 0.3 is 0 Å².